The molecular weight excluding hydrogens is 436 g/mol. The number of halogens is 1. The Bertz CT molecular complexity index is 786. The maximum atomic E-state index is 12.9. The van der Waals surface area contributed by atoms with E-state index in [0.29, 0.717) is 43.3 Å². The molecule has 1 fully saturated rings. The number of aliphatic hydroxyl groups is 1. The van der Waals surface area contributed by atoms with E-state index in [9.17, 15) is 9.59 Å². The summed E-state index contributed by atoms with van der Waals surface area (Å²) in [5.74, 6) is 0.232. The molecule has 4 N–H and O–H groups in total. The van der Waals surface area contributed by atoms with Gasteiger partial charge in [0.05, 0.1) is 22.2 Å². The highest BCUT2D eigenvalue weighted by Gasteiger charge is 2.31. The van der Waals surface area contributed by atoms with Crippen LogP contribution in [0.5, 0.6) is 0 Å². The van der Waals surface area contributed by atoms with Crippen LogP contribution < -0.4 is 16.0 Å². The number of pyridine rings is 1. The number of aromatic nitrogens is 1. The van der Waals surface area contributed by atoms with Gasteiger partial charge in [0.1, 0.15) is 6.04 Å². The number of carbonyl (C=O) groups excluding carboxylic acids is 2. The Morgan fingerprint density at radius 1 is 1.29 bits per heavy atom. The standard InChI is InChI=1S/C22H31ClN4O3S/c23-16-11-17(13-24-12-16)26-14-18-6-7-20(31-18)22(30)27-19(10-15-4-1-2-5-15)21(29)25-8-3-9-28/h6,11-13,15,19-20,26,28H,1-5,7-10,14H2,(H,25,29)(H,27,30). The molecule has 1 aliphatic heterocycles. The van der Waals surface area contributed by atoms with Crippen LogP contribution in [0.1, 0.15) is 44.9 Å². The summed E-state index contributed by atoms with van der Waals surface area (Å²) in [6.07, 6.45) is 11.8. The Balaban J connectivity index is 1.49. The normalized spacial score (nSPS) is 19.7. The SMILES string of the molecule is O=C(NCCCO)C(CC1CCCC1)NC(=O)C1CC=C(CNc2cncc(Cl)c2)S1. The lowest BCUT2D eigenvalue weighted by molar-refractivity contribution is -0.129. The number of hydrogen-bond acceptors (Lipinski definition) is 6. The minimum atomic E-state index is -0.519. The van der Waals surface area contributed by atoms with Crippen molar-refractivity contribution in [3.63, 3.8) is 0 Å². The van der Waals surface area contributed by atoms with Crippen LogP contribution in [0.2, 0.25) is 5.02 Å². The van der Waals surface area contributed by atoms with Crippen molar-refractivity contribution < 1.29 is 14.7 Å². The summed E-state index contributed by atoms with van der Waals surface area (Å²) in [6, 6.07) is 1.29. The van der Waals surface area contributed by atoms with E-state index in [2.05, 4.69) is 27.0 Å². The number of nitrogens with zero attached hydrogens (tertiary/aromatic N) is 1. The van der Waals surface area contributed by atoms with Crippen molar-refractivity contribution in [2.45, 2.75) is 56.2 Å². The van der Waals surface area contributed by atoms with Crippen molar-refractivity contribution in [3.8, 4) is 0 Å². The monoisotopic (exact) mass is 466 g/mol. The zero-order chi connectivity index (χ0) is 22.1. The second-order valence-corrected chi connectivity index (χ2v) is 9.84. The molecule has 9 heteroatoms. The van der Waals surface area contributed by atoms with Gasteiger partial charge in [0.25, 0.3) is 0 Å². The minimum absolute atomic E-state index is 0.0341. The third-order valence-corrected chi connectivity index (χ3v) is 7.14. The smallest absolute Gasteiger partial charge is 0.242 e. The highest BCUT2D eigenvalue weighted by molar-refractivity contribution is 8.04. The van der Waals surface area contributed by atoms with Crippen LogP contribution in [0.4, 0.5) is 5.69 Å². The lowest BCUT2D eigenvalue weighted by Gasteiger charge is -2.23. The highest BCUT2D eigenvalue weighted by Crippen LogP contribution is 2.33. The van der Waals surface area contributed by atoms with Crippen LogP contribution >= 0.6 is 23.4 Å². The molecule has 2 aliphatic rings. The van der Waals surface area contributed by atoms with E-state index in [1.54, 1.807) is 12.4 Å². The second kappa shape index (κ2) is 12.3. The van der Waals surface area contributed by atoms with Gasteiger partial charge in [-0.15, -0.1) is 11.8 Å². The summed E-state index contributed by atoms with van der Waals surface area (Å²) >= 11 is 7.49. The van der Waals surface area contributed by atoms with Gasteiger partial charge in [-0.2, -0.15) is 0 Å². The fourth-order valence-electron chi connectivity index (χ4n) is 3.98. The predicted molar refractivity (Wildman–Crippen MR) is 125 cm³/mol. The van der Waals surface area contributed by atoms with Gasteiger partial charge in [0, 0.05) is 30.8 Å². The van der Waals surface area contributed by atoms with Crippen LogP contribution in [0.3, 0.4) is 0 Å². The Kier molecular flexibility index (Phi) is 9.49. The largest absolute Gasteiger partial charge is 0.396 e. The average molecular weight is 467 g/mol. The number of amides is 2. The van der Waals surface area contributed by atoms with Crippen molar-refractivity contribution in [1.29, 1.82) is 0 Å². The van der Waals surface area contributed by atoms with Gasteiger partial charge in [-0.25, -0.2) is 0 Å². The van der Waals surface area contributed by atoms with Crippen LogP contribution in [0.15, 0.2) is 29.4 Å². The summed E-state index contributed by atoms with van der Waals surface area (Å²) in [5.41, 5.74) is 0.832. The summed E-state index contributed by atoms with van der Waals surface area (Å²) in [7, 11) is 0. The van der Waals surface area contributed by atoms with Gasteiger partial charge < -0.3 is 21.1 Å². The first kappa shape index (κ1) is 23.9. The Morgan fingerprint density at radius 3 is 2.84 bits per heavy atom. The van der Waals surface area contributed by atoms with E-state index in [-0.39, 0.29) is 23.7 Å². The molecule has 0 radical (unpaired) electrons. The van der Waals surface area contributed by atoms with Crippen molar-refractivity contribution >= 4 is 40.9 Å². The molecule has 2 atom stereocenters. The third kappa shape index (κ3) is 7.70. The van der Waals surface area contributed by atoms with Gasteiger partial charge in [-0.05, 0) is 31.2 Å². The molecule has 7 nitrogen and oxygen atoms in total. The molecule has 2 amide bonds. The molecule has 31 heavy (non-hydrogen) atoms. The number of aliphatic hydroxyl groups excluding tert-OH is 1. The third-order valence-electron chi connectivity index (χ3n) is 5.63. The molecule has 0 saturated heterocycles. The molecule has 1 aliphatic carbocycles. The summed E-state index contributed by atoms with van der Waals surface area (Å²) < 4.78 is 0. The first-order valence-electron chi connectivity index (χ1n) is 10.9. The van der Waals surface area contributed by atoms with Crippen LogP contribution in [0, 0.1) is 5.92 Å². The van der Waals surface area contributed by atoms with Gasteiger partial charge in [-0.3, -0.25) is 14.6 Å². The molecule has 170 valence electrons. The summed E-state index contributed by atoms with van der Waals surface area (Å²) in [6.45, 7) is 1.05. The van der Waals surface area contributed by atoms with E-state index in [1.807, 2.05) is 6.07 Å². The predicted octanol–water partition coefficient (Wildman–Crippen LogP) is 3.10. The zero-order valence-corrected chi connectivity index (χ0v) is 19.2. The highest BCUT2D eigenvalue weighted by atomic mass is 35.5. The van der Waals surface area contributed by atoms with Crippen molar-refractivity contribution in [1.82, 2.24) is 15.6 Å². The van der Waals surface area contributed by atoms with Crippen molar-refractivity contribution in [2.75, 3.05) is 25.0 Å². The number of thioether (sulfide) groups is 1. The molecule has 1 saturated carbocycles. The van der Waals surface area contributed by atoms with Crippen LogP contribution in [-0.4, -0.2) is 52.9 Å². The molecule has 1 aromatic heterocycles. The maximum absolute atomic E-state index is 12.9. The molecule has 0 aromatic carbocycles. The second-order valence-electron chi connectivity index (χ2n) is 8.07. The van der Waals surface area contributed by atoms with Crippen molar-refractivity contribution in [2.24, 2.45) is 5.92 Å². The fourth-order valence-corrected chi connectivity index (χ4v) is 5.23. The van der Waals surface area contributed by atoms with Gasteiger partial charge in [0.2, 0.25) is 11.8 Å². The molecule has 0 spiro atoms. The minimum Gasteiger partial charge on any atom is -0.396 e. The number of rotatable bonds is 11. The van der Waals surface area contributed by atoms with E-state index >= 15 is 0 Å². The number of allylic oxidation sites excluding steroid dienone is 1. The number of nitrogens with one attached hydrogen (secondary N) is 3. The first-order chi connectivity index (χ1) is 15.0. The fraction of sp³-hybridized carbons (Fsp3) is 0.591. The van der Waals surface area contributed by atoms with Gasteiger partial charge >= 0.3 is 0 Å². The van der Waals surface area contributed by atoms with E-state index < -0.39 is 6.04 Å². The van der Waals surface area contributed by atoms with Gasteiger partial charge in [-0.1, -0.05) is 43.4 Å². The van der Waals surface area contributed by atoms with Crippen molar-refractivity contribution in [3.05, 3.63) is 34.5 Å². The lowest BCUT2D eigenvalue weighted by atomic mass is 9.97. The average Bonchev–Trinajstić information content (AvgIpc) is 3.44. The Hall–Kier alpha value is -1.77. The molecule has 1 aromatic rings. The summed E-state index contributed by atoms with van der Waals surface area (Å²) in [4.78, 5) is 30.7. The van der Waals surface area contributed by atoms with E-state index in [4.69, 9.17) is 16.7 Å². The van der Waals surface area contributed by atoms with Crippen LogP contribution in [0.25, 0.3) is 0 Å². The van der Waals surface area contributed by atoms with E-state index in [1.165, 1.54) is 24.6 Å². The first-order valence-corrected chi connectivity index (χ1v) is 12.2. The molecule has 2 unspecified atom stereocenters. The van der Waals surface area contributed by atoms with Crippen LogP contribution in [-0.2, 0) is 9.59 Å². The maximum Gasteiger partial charge on any atom is 0.242 e. The zero-order valence-electron chi connectivity index (χ0n) is 17.6. The number of anilines is 1. The molecule has 0 bridgehead atoms. The summed E-state index contributed by atoms with van der Waals surface area (Å²) in [5, 5.41) is 18.4. The van der Waals surface area contributed by atoms with Gasteiger partial charge in [0.15, 0.2) is 0 Å². The Labute approximate surface area is 192 Å². The van der Waals surface area contributed by atoms with E-state index in [0.717, 1.165) is 23.4 Å². The number of hydrogen-bond donors (Lipinski definition) is 4. The lowest BCUT2D eigenvalue weighted by Crippen LogP contribution is -2.49. The molecular formula is C22H31ClN4O3S. The Morgan fingerprint density at radius 2 is 2.10 bits per heavy atom. The quantitative estimate of drug-likeness (QED) is 0.374. The topological polar surface area (TPSA) is 103 Å². The molecule has 2 heterocycles. The molecule has 3 rings (SSSR count). The number of carbonyl (C=O) groups is 2.